The van der Waals surface area contributed by atoms with Crippen LogP contribution in [-0.4, -0.2) is 97.7 Å². The molecule has 0 saturated carbocycles. The minimum atomic E-state index is -2.44. The van der Waals surface area contributed by atoms with Crippen LogP contribution in [0, 0.1) is 0 Å². The first-order valence-electron chi connectivity index (χ1n) is 18.4. The largest absolute Gasteiger partial charge is 0.508 e. The van der Waals surface area contributed by atoms with Crippen LogP contribution in [0.2, 0.25) is 0 Å². The van der Waals surface area contributed by atoms with E-state index in [1.165, 1.54) is 18.2 Å². The average molecular weight is 789 g/mol. The van der Waals surface area contributed by atoms with Crippen molar-refractivity contribution in [2.75, 3.05) is 25.6 Å². The second kappa shape index (κ2) is 16.3. The maximum atomic E-state index is 13.6. The number of aliphatic hydroxyl groups is 3. The molecule has 0 amide bonds. The summed E-state index contributed by atoms with van der Waals surface area (Å²) in [6, 6.07) is 17.1. The molecular weight excluding hydrogens is 744 g/mol. The zero-order chi connectivity index (χ0) is 40.4. The highest BCUT2D eigenvalue weighted by Gasteiger charge is 2.59. The van der Waals surface area contributed by atoms with Crippen LogP contribution in [0.4, 0.5) is 5.82 Å². The molecule has 6 atom stereocenters. The van der Waals surface area contributed by atoms with E-state index in [-0.39, 0.29) is 41.3 Å². The normalized spacial score (nSPS) is 23.4. The zero-order valence-corrected chi connectivity index (χ0v) is 30.8. The number of aromatic amines is 1. The molecule has 0 radical (unpaired) electrons. The summed E-state index contributed by atoms with van der Waals surface area (Å²) in [4.78, 5) is 29.1. The highest BCUT2D eigenvalue weighted by Crippen LogP contribution is 2.45. The molecule has 2 aromatic heterocycles. The minimum absolute atomic E-state index is 0.0226. The molecule has 17 heteroatoms. The number of nitrogens with one attached hydrogen (secondary N) is 3. The number of ether oxygens (including phenoxy) is 4. The predicted octanol–water partition coefficient (Wildman–Crippen LogP) is 2.09. The Morgan fingerprint density at radius 1 is 1.02 bits per heavy atom. The Labute approximate surface area is 325 Å². The number of carboxylic acid groups (broad SMARTS) is 1. The molecule has 17 nitrogen and oxygen atoms in total. The third-order valence-corrected chi connectivity index (χ3v) is 10.1. The van der Waals surface area contributed by atoms with Crippen LogP contribution in [0.15, 0.2) is 75.9 Å². The van der Waals surface area contributed by atoms with Crippen molar-refractivity contribution in [3.63, 3.8) is 0 Å². The van der Waals surface area contributed by atoms with Crippen molar-refractivity contribution < 1.29 is 58.8 Å². The lowest BCUT2D eigenvalue weighted by molar-refractivity contribution is -0.307. The number of nitrogens with two attached hydrogens (primary N) is 1. The minimum Gasteiger partial charge on any atom is -0.508 e. The lowest BCUT2D eigenvalue weighted by Gasteiger charge is -2.47. The van der Waals surface area contributed by atoms with Gasteiger partial charge in [-0.1, -0.05) is 13.0 Å². The number of aromatic hydroxyl groups is 2. The molecule has 2 aliphatic heterocycles. The number of carbonyl (C=O) groups is 1. The summed E-state index contributed by atoms with van der Waals surface area (Å²) >= 11 is 0. The van der Waals surface area contributed by atoms with Crippen LogP contribution in [0.3, 0.4) is 0 Å². The first kappa shape index (κ1) is 39.4. The summed E-state index contributed by atoms with van der Waals surface area (Å²) < 4.78 is 29.6. The molecule has 2 aliphatic rings. The highest BCUT2D eigenvalue weighted by atomic mass is 16.7. The summed E-state index contributed by atoms with van der Waals surface area (Å²) in [6.45, 7) is 2.79. The number of carboxylic acids is 1. The molecular formula is C40H44N4O13. The molecule has 6 unspecified atom stereocenters. The van der Waals surface area contributed by atoms with E-state index >= 15 is 0 Å². The fourth-order valence-electron chi connectivity index (χ4n) is 7.14. The van der Waals surface area contributed by atoms with Crippen LogP contribution < -0.4 is 36.0 Å². The van der Waals surface area contributed by atoms with Gasteiger partial charge in [0.1, 0.15) is 58.5 Å². The van der Waals surface area contributed by atoms with Crippen molar-refractivity contribution >= 4 is 22.8 Å². The number of aromatic nitrogens is 1. The summed E-state index contributed by atoms with van der Waals surface area (Å²) in [5.41, 5.74) is 5.17. The number of phenols is 2. The van der Waals surface area contributed by atoms with Gasteiger partial charge in [0.15, 0.2) is 23.0 Å². The SMILES string of the molecule is CCc1cc(O)cc(COc2c(OC3OC(C(=O)O)C(O)(CC4CNCN4)C(O)C3O)cc3oc(-c4ccc(OCCc5ccc(N)[nH]5)cc4)cc(=O)c3c2O)c1. The van der Waals surface area contributed by atoms with Gasteiger partial charge in [0.2, 0.25) is 12.0 Å². The molecule has 11 N–H and O–H groups in total. The van der Waals surface area contributed by atoms with E-state index in [1.54, 1.807) is 42.5 Å². The maximum absolute atomic E-state index is 13.6. The lowest BCUT2D eigenvalue weighted by Crippen LogP contribution is -2.70. The summed E-state index contributed by atoms with van der Waals surface area (Å²) in [5, 5.41) is 71.7. The molecule has 4 heterocycles. The molecule has 2 saturated heterocycles. The van der Waals surface area contributed by atoms with Crippen molar-refractivity contribution in [2.24, 2.45) is 0 Å². The number of fused-ring (bicyclic) bond motifs is 1. The number of anilines is 1. The number of aliphatic hydroxyl groups excluding tert-OH is 2. The molecule has 0 spiro atoms. The standard InChI is InChI=1S/C40H44N4O13/c1-2-20-11-21(13-25(45)12-20)18-54-35-30(56-39-34(48)36(49)40(52,37(57-39)38(50)51)16-24-17-42-19-43-24)15-29-32(33(35)47)27(46)14-28(55-29)22-3-6-26(7-4-22)53-10-9-23-5-8-31(41)44-23/h3-8,11-15,24,34,36-37,39,42-45,47-49,52H,2,9-10,16-19,41H2,1H3,(H,50,51). The fraction of sp³-hybridized carbons (Fsp3) is 0.350. The number of H-pyrrole nitrogens is 1. The third-order valence-electron chi connectivity index (χ3n) is 10.1. The summed E-state index contributed by atoms with van der Waals surface area (Å²) in [5.74, 6) is -1.90. The quantitative estimate of drug-likeness (QED) is 0.0772. The van der Waals surface area contributed by atoms with E-state index in [0.717, 1.165) is 11.3 Å². The van der Waals surface area contributed by atoms with Crippen molar-refractivity contribution in [3.8, 4) is 40.1 Å². The highest BCUT2D eigenvalue weighted by molar-refractivity contribution is 5.89. The van der Waals surface area contributed by atoms with Gasteiger partial charge in [-0.3, -0.25) is 4.79 Å². The van der Waals surface area contributed by atoms with E-state index in [9.17, 15) is 40.2 Å². The fourth-order valence-corrected chi connectivity index (χ4v) is 7.14. The van der Waals surface area contributed by atoms with Crippen molar-refractivity contribution in [2.45, 2.75) is 69.0 Å². The molecule has 0 bridgehead atoms. The Morgan fingerprint density at radius 3 is 2.47 bits per heavy atom. The first-order chi connectivity index (χ1) is 27.3. The molecule has 7 rings (SSSR count). The third kappa shape index (κ3) is 8.34. The molecule has 57 heavy (non-hydrogen) atoms. The topological polar surface area (TPSA) is 271 Å². The van der Waals surface area contributed by atoms with Gasteiger partial charge in [0, 0.05) is 49.1 Å². The van der Waals surface area contributed by atoms with Gasteiger partial charge in [-0.2, -0.15) is 0 Å². The van der Waals surface area contributed by atoms with Crippen LogP contribution >= 0.6 is 0 Å². The van der Waals surface area contributed by atoms with Gasteiger partial charge in [0.25, 0.3) is 0 Å². The molecule has 2 fully saturated rings. The Hall–Kier alpha value is -5.82. The lowest BCUT2D eigenvalue weighted by atomic mass is 9.79. The maximum Gasteiger partial charge on any atom is 0.336 e. The molecule has 0 aliphatic carbocycles. The van der Waals surface area contributed by atoms with E-state index in [1.807, 2.05) is 13.0 Å². The predicted molar refractivity (Wildman–Crippen MR) is 204 cm³/mol. The van der Waals surface area contributed by atoms with E-state index in [0.29, 0.717) is 55.4 Å². The number of hydrogen-bond donors (Lipinski definition) is 10. The number of hydrogen-bond acceptors (Lipinski definition) is 15. The van der Waals surface area contributed by atoms with Crippen LogP contribution in [-0.2, 0) is 29.0 Å². The Morgan fingerprint density at radius 2 is 1.79 bits per heavy atom. The number of phenolic OH excluding ortho intramolecular Hbond substituents is 2. The smallest absolute Gasteiger partial charge is 0.336 e. The Balaban J connectivity index is 1.21. The second-order valence-corrected chi connectivity index (χ2v) is 14.1. The van der Waals surface area contributed by atoms with Crippen LogP contribution in [0.5, 0.6) is 28.7 Å². The molecule has 302 valence electrons. The van der Waals surface area contributed by atoms with Gasteiger partial charge in [0.05, 0.1) is 6.61 Å². The molecule has 3 aromatic carbocycles. The zero-order valence-electron chi connectivity index (χ0n) is 30.8. The van der Waals surface area contributed by atoms with Crippen molar-refractivity contribution in [1.82, 2.24) is 15.6 Å². The van der Waals surface area contributed by atoms with E-state index in [4.69, 9.17) is 29.1 Å². The second-order valence-electron chi connectivity index (χ2n) is 14.1. The average Bonchev–Trinajstić information content (AvgIpc) is 3.85. The number of benzene rings is 3. The monoisotopic (exact) mass is 788 g/mol. The molecule has 5 aromatic rings. The van der Waals surface area contributed by atoms with Gasteiger partial charge >= 0.3 is 5.97 Å². The number of nitrogen functional groups attached to an aromatic ring is 1. The van der Waals surface area contributed by atoms with Crippen molar-refractivity contribution in [3.05, 3.63) is 93.8 Å². The van der Waals surface area contributed by atoms with Crippen LogP contribution in [0.25, 0.3) is 22.3 Å². The Bertz CT molecular complexity index is 2290. The van der Waals surface area contributed by atoms with E-state index < -0.39 is 59.1 Å². The number of aliphatic carboxylic acids is 1. The first-order valence-corrected chi connectivity index (χ1v) is 18.4. The van der Waals surface area contributed by atoms with Crippen molar-refractivity contribution in [1.29, 1.82) is 0 Å². The van der Waals surface area contributed by atoms with Crippen LogP contribution in [0.1, 0.15) is 30.2 Å². The van der Waals surface area contributed by atoms with Gasteiger partial charge < -0.3 is 75.4 Å². The van der Waals surface area contributed by atoms with Gasteiger partial charge in [-0.25, -0.2) is 4.79 Å². The number of rotatable bonds is 14. The van der Waals surface area contributed by atoms with Gasteiger partial charge in [-0.15, -0.1) is 0 Å². The Kier molecular flexibility index (Phi) is 11.3. The van der Waals surface area contributed by atoms with E-state index in [2.05, 4.69) is 15.6 Å². The number of aryl methyl sites for hydroxylation is 1. The summed E-state index contributed by atoms with van der Waals surface area (Å²) in [6.07, 6.45) is -7.17. The van der Waals surface area contributed by atoms with Gasteiger partial charge in [-0.05, 0) is 72.5 Å². The summed E-state index contributed by atoms with van der Waals surface area (Å²) in [7, 11) is 0.